The van der Waals surface area contributed by atoms with Crippen LogP contribution < -0.4 is 10.1 Å². The van der Waals surface area contributed by atoms with Crippen LogP contribution >= 0.6 is 0 Å². The molecule has 1 saturated carbocycles. The average molecular weight is 507 g/mol. The number of oxazole rings is 1. The molecule has 8 heteroatoms. The summed E-state index contributed by atoms with van der Waals surface area (Å²) in [5.74, 6) is 0.369. The second-order valence-corrected chi connectivity index (χ2v) is 9.57. The van der Waals surface area contributed by atoms with Crippen molar-refractivity contribution in [1.29, 1.82) is 0 Å². The minimum atomic E-state index is -0.989. The lowest BCUT2D eigenvalue weighted by Gasteiger charge is -2.30. The summed E-state index contributed by atoms with van der Waals surface area (Å²) >= 11 is 0. The highest BCUT2D eigenvalue weighted by Crippen LogP contribution is 2.28. The lowest BCUT2D eigenvalue weighted by atomic mass is 9.85. The van der Waals surface area contributed by atoms with Gasteiger partial charge in [-0.05, 0) is 55.9 Å². The number of carbonyl (C=O) groups is 2. The van der Waals surface area contributed by atoms with Crippen LogP contribution in [0.3, 0.4) is 0 Å². The fourth-order valence-corrected chi connectivity index (χ4v) is 4.86. The molecular formula is C29H34N2O6. The maximum Gasteiger partial charge on any atom is 0.304 e. The Morgan fingerprint density at radius 2 is 1.97 bits per heavy atom. The summed E-state index contributed by atoms with van der Waals surface area (Å²) in [5.41, 5.74) is 2.32. The molecule has 1 aliphatic rings. The van der Waals surface area contributed by atoms with Gasteiger partial charge in [0.05, 0.1) is 26.1 Å². The SMILES string of the molecule is COc1cccc(-c2nc(COCC3CCCC(NC(=O)C(CC(=O)O)c4ccccc4)C3)c(C)o2)c1. The maximum atomic E-state index is 13.0. The van der Waals surface area contributed by atoms with Gasteiger partial charge in [0.15, 0.2) is 0 Å². The maximum absolute atomic E-state index is 13.0. The third-order valence-electron chi connectivity index (χ3n) is 6.83. The van der Waals surface area contributed by atoms with E-state index in [1.54, 1.807) is 19.2 Å². The standard InChI is InChI=1S/C29H34N2O6/c1-19-26(31-29(37-19)22-11-7-13-24(15-22)35-2)18-36-17-20-8-6-12-23(14-20)30-28(34)25(16-27(32)33)21-9-4-3-5-10-21/h3-5,7,9-11,13,15,20,23,25H,6,8,12,14,16-18H2,1-2H3,(H,30,34)(H,32,33). The average Bonchev–Trinajstić information content (AvgIpc) is 3.28. The van der Waals surface area contributed by atoms with Gasteiger partial charge in [0.25, 0.3) is 0 Å². The molecule has 1 fully saturated rings. The van der Waals surface area contributed by atoms with Crippen LogP contribution in [0.25, 0.3) is 11.5 Å². The molecule has 1 amide bonds. The summed E-state index contributed by atoms with van der Waals surface area (Å²) in [7, 11) is 1.62. The number of carbonyl (C=O) groups excluding carboxylic acids is 1. The van der Waals surface area contributed by atoms with Crippen molar-refractivity contribution >= 4 is 11.9 Å². The molecule has 1 aliphatic carbocycles. The van der Waals surface area contributed by atoms with Gasteiger partial charge < -0.3 is 24.3 Å². The van der Waals surface area contributed by atoms with E-state index in [0.717, 1.165) is 54.0 Å². The number of aliphatic carboxylic acids is 1. The Hall–Kier alpha value is -3.65. The number of aryl methyl sites for hydroxylation is 1. The number of aromatic nitrogens is 1. The fraction of sp³-hybridized carbons (Fsp3) is 0.414. The van der Waals surface area contributed by atoms with E-state index in [1.807, 2.05) is 49.4 Å². The fourth-order valence-electron chi connectivity index (χ4n) is 4.86. The highest BCUT2D eigenvalue weighted by Gasteiger charge is 2.28. The normalized spacial score (nSPS) is 18.2. The second kappa shape index (κ2) is 12.5. The van der Waals surface area contributed by atoms with Gasteiger partial charge >= 0.3 is 5.97 Å². The smallest absolute Gasteiger partial charge is 0.304 e. The van der Waals surface area contributed by atoms with E-state index >= 15 is 0 Å². The molecule has 0 radical (unpaired) electrons. The molecule has 2 N–H and O–H groups in total. The highest BCUT2D eigenvalue weighted by molar-refractivity contribution is 5.88. The van der Waals surface area contributed by atoms with Gasteiger partial charge in [-0.15, -0.1) is 0 Å². The molecule has 37 heavy (non-hydrogen) atoms. The Labute approximate surface area is 217 Å². The molecule has 0 aliphatic heterocycles. The van der Waals surface area contributed by atoms with E-state index in [1.165, 1.54) is 0 Å². The third-order valence-corrected chi connectivity index (χ3v) is 6.83. The molecule has 4 rings (SSSR count). The van der Waals surface area contributed by atoms with Crippen molar-refractivity contribution in [3.05, 3.63) is 71.6 Å². The van der Waals surface area contributed by atoms with E-state index in [9.17, 15) is 14.7 Å². The molecule has 2 aromatic carbocycles. The number of amides is 1. The van der Waals surface area contributed by atoms with Gasteiger partial charge in [-0.1, -0.05) is 42.8 Å². The van der Waals surface area contributed by atoms with Crippen LogP contribution in [0.5, 0.6) is 5.75 Å². The zero-order valence-corrected chi connectivity index (χ0v) is 21.3. The summed E-state index contributed by atoms with van der Waals surface area (Å²) in [6.45, 7) is 2.79. The number of methoxy groups -OCH3 is 1. The minimum absolute atomic E-state index is 0.00306. The van der Waals surface area contributed by atoms with Gasteiger partial charge in [-0.3, -0.25) is 9.59 Å². The van der Waals surface area contributed by atoms with Gasteiger partial charge in [0.2, 0.25) is 11.8 Å². The van der Waals surface area contributed by atoms with Crippen molar-refractivity contribution in [3.63, 3.8) is 0 Å². The zero-order chi connectivity index (χ0) is 26.2. The summed E-state index contributed by atoms with van der Waals surface area (Å²) in [6, 6.07) is 16.7. The van der Waals surface area contributed by atoms with E-state index in [4.69, 9.17) is 13.9 Å². The lowest BCUT2D eigenvalue weighted by Crippen LogP contribution is -2.42. The van der Waals surface area contributed by atoms with Crippen molar-refractivity contribution in [3.8, 4) is 17.2 Å². The van der Waals surface area contributed by atoms with E-state index in [2.05, 4.69) is 10.3 Å². The summed E-state index contributed by atoms with van der Waals surface area (Å²) < 4.78 is 17.2. The molecule has 8 nitrogen and oxygen atoms in total. The summed E-state index contributed by atoms with van der Waals surface area (Å²) in [6.07, 6.45) is 3.45. The van der Waals surface area contributed by atoms with Crippen LogP contribution in [0.1, 0.15) is 55.0 Å². The number of nitrogens with one attached hydrogen (secondary N) is 1. The molecule has 3 unspecified atom stereocenters. The molecule has 3 aromatic rings. The first-order chi connectivity index (χ1) is 17.9. The molecule has 0 saturated heterocycles. The summed E-state index contributed by atoms with van der Waals surface area (Å²) in [4.78, 5) is 29.0. The van der Waals surface area contributed by atoms with Crippen molar-refractivity contribution < 1.29 is 28.6 Å². The van der Waals surface area contributed by atoms with Crippen molar-refractivity contribution in [2.24, 2.45) is 5.92 Å². The topological polar surface area (TPSA) is 111 Å². The Bertz CT molecular complexity index is 1190. The Balaban J connectivity index is 1.29. The number of nitrogens with zero attached hydrogens (tertiary/aromatic N) is 1. The first-order valence-corrected chi connectivity index (χ1v) is 12.7. The van der Waals surface area contributed by atoms with Crippen molar-refractivity contribution in [2.75, 3.05) is 13.7 Å². The Kier molecular flexibility index (Phi) is 8.95. The first-order valence-electron chi connectivity index (χ1n) is 12.7. The van der Waals surface area contributed by atoms with Gasteiger partial charge in [0.1, 0.15) is 17.2 Å². The second-order valence-electron chi connectivity index (χ2n) is 9.57. The largest absolute Gasteiger partial charge is 0.497 e. The molecular weight excluding hydrogens is 472 g/mol. The number of rotatable bonds is 11. The molecule has 1 heterocycles. The van der Waals surface area contributed by atoms with Crippen molar-refractivity contribution in [1.82, 2.24) is 10.3 Å². The van der Waals surface area contributed by atoms with Crippen LogP contribution in [0.15, 0.2) is 59.0 Å². The monoisotopic (exact) mass is 506 g/mol. The molecule has 1 aromatic heterocycles. The third kappa shape index (κ3) is 7.20. The number of carboxylic acid groups (broad SMARTS) is 1. The number of ether oxygens (including phenoxy) is 2. The van der Waals surface area contributed by atoms with Gasteiger partial charge in [-0.25, -0.2) is 4.98 Å². The van der Waals surface area contributed by atoms with Crippen LogP contribution in [0, 0.1) is 12.8 Å². The quantitative estimate of drug-likeness (QED) is 0.372. The molecule has 3 atom stereocenters. The van der Waals surface area contributed by atoms with E-state index in [-0.39, 0.29) is 18.4 Å². The number of benzene rings is 2. The predicted molar refractivity (Wildman–Crippen MR) is 138 cm³/mol. The van der Waals surface area contributed by atoms with Crippen LogP contribution in [-0.4, -0.2) is 41.7 Å². The lowest BCUT2D eigenvalue weighted by molar-refractivity contribution is -0.139. The van der Waals surface area contributed by atoms with Crippen LogP contribution in [0.2, 0.25) is 0 Å². The Morgan fingerprint density at radius 1 is 1.16 bits per heavy atom. The van der Waals surface area contributed by atoms with Gasteiger partial charge in [-0.2, -0.15) is 0 Å². The summed E-state index contributed by atoms with van der Waals surface area (Å²) in [5, 5.41) is 12.4. The van der Waals surface area contributed by atoms with E-state index < -0.39 is 11.9 Å². The number of hydrogen-bond donors (Lipinski definition) is 2. The Morgan fingerprint density at radius 3 is 2.73 bits per heavy atom. The molecule has 0 bridgehead atoms. The number of carboxylic acids is 1. The molecule has 0 spiro atoms. The zero-order valence-electron chi connectivity index (χ0n) is 21.3. The molecule has 196 valence electrons. The van der Waals surface area contributed by atoms with Crippen molar-refractivity contribution in [2.45, 2.75) is 57.6 Å². The highest BCUT2D eigenvalue weighted by atomic mass is 16.5. The first kappa shape index (κ1) is 26.4. The van der Waals surface area contributed by atoms with Gasteiger partial charge in [0, 0.05) is 18.2 Å². The van der Waals surface area contributed by atoms with Crippen LogP contribution in [-0.2, 0) is 20.9 Å². The van der Waals surface area contributed by atoms with Crippen LogP contribution in [0.4, 0.5) is 0 Å². The number of hydrogen-bond acceptors (Lipinski definition) is 6. The van der Waals surface area contributed by atoms with E-state index in [0.29, 0.717) is 25.0 Å². The minimum Gasteiger partial charge on any atom is -0.497 e. The predicted octanol–water partition coefficient (Wildman–Crippen LogP) is 5.11.